The predicted octanol–water partition coefficient (Wildman–Crippen LogP) is 6.25. The van der Waals surface area contributed by atoms with Crippen LogP contribution in [0.4, 0.5) is 17.6 Å². The fraction of sp³-hybridized carbons (Fsp3) is 0.312. The van der Waals surface area contributed by atoms with E-state index in [-0.39, 0.29) is 50.0 Å². The topological polar surface area (TPSA) is 52.6 Å². The molecule has 0 heterocycles. The molecular weight excluding hydrogens is 572 g/mol. The predicted molar refractivity (Wildman–Crippen MR) is 147 cm³/mol. The molecule has 0 N–H and O–H groups in total. The molecule has 0 aromatic heterocycles. The fourth-order valence-electron chi connectivity index (χ4n) is 5.67. The minimum atomic E-state index is -5.13. The van der Waals surface area contributed by atoms with Gasteiger partial charge in [-0.15, -0.1) is 0 Å². The van der Waals surface area contributed by atoms with E-state index >= 15 is 17.6 Å². The zero-order chi connectivity index (χ0) is 29.6. The van der Waals surface area contributed by atoms with Crippen molar-refractivity contribution in [1.82, 2.24) is 0 Å². The van der Waals surface area contributed by atoms with Crippen molar-refractivity contribution < 1.29 is 53.2 Å². The number of Topliss-reactive ketones (excluding diaryl/α,β-unsaturated/α-hetero) is 2. The summed E-state index contributed by atoms with van der Waals surface area (Å²) in [5.41, 5.74) is -0.670. The van der Waals surface area contributed by atoms with Crippen LogP contribution in [0, 0.1) is 23.3 Å². The maximum atomic E-state index is 16.6. The Bertz CT molecular complexity index is 1350. The van der Waals surface area contributed by atoms with E-state index in [4.69, 9.17) is 9.47 Å². The summed E-state index contributed by atoms with van der Waals surface area (Å²) in [5.74, 6) is -5.29. The van der Waals surface area contributed by atoms with Crippen molar-refractivity contribution in [1.29, 1.82) is 0 Å². The molecule has 2 aromatic rings. The molecule has 0 aliphatic heterocycles. The second-order valence-electron chi connectivity index (χ2n) is 10.0. The molecule has 4 rings (SSSR count). The number of ether oxygens (including phenoxy) is 2. The number of allylic oxidation sites excluding steroid dienone is 8. The molecule has 0 bridgehead atoms. The third-order valence-corrected chi connectivity index (χ3v) is 15.5. The Morgan fingerprint density at radius 1 is 0.707 bits per heavy atom. The van der Waals surface area contributed by atoms with Crippen molar-refractivity contribution in [2.45, 2.75) is 38.5 Å². The second-order valence-corrected chi connectivity index (χ2v) is 15.9. The zero-order valence-corrected chi connectivity index (χ0v) is 24.6. The molecule has 9 heteroatoms. The van der Waals surface area contributed by atoms with Crippen molar-refractivity contribution in [3.05, 3.63) is 103 Å². The van der Waals surface area contributed by atoms with Gasteiger partial charge in [-0.1, -0.05) is 0 Å². The van der Waals surface area contributed by atoms with Gasteiger partial charge in [-0.2, -0.15) is 0 Å². The number of hydrogen-bond donors (Lipinski definition) is 0. The summed E-state index contributed by atoms with van der Waals surface area (Å²) in [4.78, 5) is 26.1. The molecule has 0 spiro atoms. The normalized spacial score (nSPS) is 14.5. The van der Waals surface area contributed by atoms with Gasteiger partial charge in [0.05, 0.1) is 0 Å². The molecule has 0 amide bonds. The molecule has 2 aromatic carbocycles. The number of carbonyl (C=O) groups excluding carboxylic acids is 2. The Kier molecular flexibility index (Phi) is 10.5. The van der Waals surface area contributed by atoms with Gasteiger partial charge in [-0.3, -0.25) is 0 Å². The van der Waals surface area contributed by atoms with Crippen LogP contribution in [-0.4, -0.2) is 39.0 Å². The molecule has 2 aliphatic carbocycles. The van der Waals surface area contributed by atoms with Crippen molar-refractivity contribution in [3.63, 3.8) is 0 Å². The standard InChI is InChI=1S/2C11H11F2O2.2C5H5.Ti/c2*1-15-6-2-3-11(14)9-5-4-8(12)7-10(9)13;2*1-2-4-5-3-1;/h2*4-5H,2-3,6H2,1H3;2*1-3H,4H2;. The first-order valence-electron chi connectivity index (χ1n) is 13.5. The van der Waals surface area contributed by atoms with Crippen LogP contribution in [0.15, 0.2) is 68.5 Å². The molecule has 0 saturated heterocycles. The molecule has 0 saturated carbocycles. The fourth-order valence-corrected chi connectivity index (χ4v) is 13.9. The summed E-state index contributed by atoms with van der Waals surface area (Å²) in [6.45, 7) is 0.559. The van der Waals surface area contributed by atoms with Gasteiger partial charge >= 0.3 is 241 Å². The number of ketones is 2. The van der Waals surface area contributed by atoms with E-state index in [1.54, 1.807) is 36.5 Å². The summed E-state index contributed by atoms with van der Waals surface area (Å²) in [7, 11) is 2.96. The first kappa shape index (κ1) is 31.0. The Morgan fingerprint density at radius 2 is 1.12 bits per heavy atom. The van der Waals surface area contributed by atoms with Crippen LogP contribution in [0.1, 0.15) is 59.2 Å². The minimum absolute atomic E-state index is 0.0431. The monoisotopic (exact) mass is 604 g/mol. The Morgan fingerprint density at radius 3 is 1.46 bits per heavy atom. The zero-order valence-electron chi connectivity index (χ0n) is 23.1. The summed E-state index contributed by atoms with van der Waals surface area (Å²) in [5, 5.41) is 0. The first-order chi connectivity index (χ1) is 19.8. The van der Waals surface area contributed by atoms with Gasteiger partial charge in [0.2, 0.25) is 0 Å². The van der Waals surface area contributed by atoms with Crippen LogP contribution < -0.4 is 7.74 Å². The molecule has 0 atom stereocenters. The number of methoxy groups -OCH3 is 2. The number of hydrogen-bond acceptors (Lipinski definition) is 4. The third-order valence-electron chi connectivity index (χ3n) is 7.54. The molecule has 4 nitrogen and oxygen atoms in total. The number of rotatable bonds is 14. The van der Waals surface area contributed by atoms with Crippen LogP contribution in [0.25, 0.3) is 0 Å². The third kappa shape index (κ3) is 6.02. The average molecular weight is 604 g/mol. The van der Waals surface area contributed by atoms with Crippen molar-refractivity contribution in [2.24, 2.45) is 0 Å². The number of halogens is 4. The Hall–Kier alpha value is -2.91. The molecule has 0 radical (unpaired) electrons. The second kappa shape index (κ2) is 13.8. The van der Waals surface area contributed by atoms with E-state index in [9.17, 15) is 9.59 Å². The van der Waals surface area contributed by atoms with Crippen LogP contribution in [0.5, 0.6) is 0 Å². The molecule has 41 heavy (non-hydrogen) atoms. The van der Waals surface area contributed by atoms with Crippen LogP contribution in [0.2, 0.25) is 0 Å². The van der Waals surface area contributed by atoms with E-state index in [0.29, 0.717) is 20.6 Å². The quantitative estimate of drug-likeness (QED) is 0.111. The van der Waals surface area contributed by atoms with Gasteiger partial charge in [0, 0.05) is 0 Å². The van der Waals surface area contributed by atoms with Crippen LogP contribution >= 0.6 is 0 Å². The van der Waals surface area contributed by atoms with E-state index in [1.807, 2.05) is 0 Å². The molecule has 216 valence electrons. The van der Waals surface area contributed by atoms with Crippen molar-refractivity contribution in [3.8, 4) is 0 Å². The van der Waals surface area contributed by atoms with Gasteiger partial charge in [-0.25, -0.2) is 0 Å². The Balaban J connectivity index is 2.03. The van der Waals surface area contributed by atoms with Gasteiger partial charge < -0.3 is 0 Å². The van der Waals surface area contributed by atoms with Crippen molar-refractivity contribution in [2.75, 3.05) is 27.4 Å². The average Bonchev–Trinajstić information content (AvgIpc) is 3.68. The van der Waals surface area contributed by atoms with Gasteiger partial charge in [0.15, 0.2) is 0 Å². The van der Waals surface area contributed by atoms with E-state index < -0.39 is 59.2 Å². The molecule has 2 aliphatic rings. The van der Waals surface area contributed by atoms with E-state index in [0.717, 1.165) is 24.3 Å². The van der Waals surface area contributed by atoms with Gasteiger partial charge in [0.1, 0.15) is 0 Å². The van der Waals surface area contributed by atoms with Gasteiger partial charge in [-0.05, 0) is 0 Å². The van der Waals surface area contributed by atoms with Crippen LogP contribution in [0.3, 0.4) is 0 Å². The van der Waals surface area contributed by atoms with Gasteiger partial charge in [0.25, 0.3) is 0 Å². The van der Waals surface area contributed by atoms with Crippen LogP contribution in [-0.2, 0) is 26.1 Å². The Labute approximate surface area is 240 Å². The number of carbonyl (C=O) groups is 2. The molecule has 0 fully saturated rings. The van der Waals surface area contributed by atoms with E-state index in [1.165, 1.54) is 14.2 Å². The first-order valence-corrected chi connectivity index (χ1v) is 16.6. The van der Waals surface area contributed by atoms with Crippen molar-refractivity contribution >= 4 is 19.3 Å². The number of benzene rings is 2. The summed E-state index contributed by atoms with van der Waals surface area (Å²) in [6, 6.07) is 4.18. The summed E-state index contributed by atoms with van der Waals surface area (Å²) < 4.78 is 75.5. The van der Waals surface area contributed by atoms with E-state index in [2.05, 4.69) is 0 Å². The summed E-state index contributed by atoms with van der Waals surface area (Å²) >= 11 is -5.13. The summed E-state index contributed by atoms with van der Waals surface area (Å²) in [6.07, 6.45) is 11.3. The molecule has 0 unspecified atom stereocenters. The SMILES string of the molecule is COCCCC(=O)c1ccc(F)[c]([Ti]([C]2=CC=CC2)([C]2=CC=CC2)[c]2c(F)ccc(C(=O)CCCOC)c2F)c1F. The molecular formula is C32H32F4O4Ti. The maximum absolute atomic E-state index is 16.6.